The smallest absolute Gasteiger partial charge is 0.263 e. The second-order valence-electron chi connectivity index (χ2n) is 12.0. The highest BCUT2D eigenvalue weighted by molar-refractivity contribution is 8.03. The highest BCUT2D eigenvalue weighted by atomic mass is 32.2. The van der Waals surface area contributed by atoms with E-state index >= 15 is 0 Å². The van der Waals surface area contributed by atoms with Crippen LogP contribution in [-0.4, -0.2) is 19.5 Å². The number of hydrogen-bond donors (Lipinski definition) is 0. The van der Waals surface area contributed by atoms with Gasteiger partial charge in [-0.1, -0.05) is 71.1 Å². The van der Waals surface area contributed by atoms with Crippen LogP contribution in [0.4, 0.5) is 5.69 Å². The van der Waals surface area contributed by atoms with Crippen LogP contribution in [0.3, 0.4) is 0 Å². The first-order chi connectivity index (χ1) is 22.2. The Balaban J connectivity index is 0.000000288. The Kier molecular flexibility index (Phi) is 9.71. The Morgan fingerprint density at radius 3 is 2.39 bits per heavy atom. The normalized spacial score (nSPS) is 19.6. The van der Waals surface area contributed by atoms with Crippen molar-refractivity contribution in [3.8, 4) is 0 Å². The van der Waals surface area contributed by atoms with Gasteiger partial charge in [-0.2, -0.15) is 4.57 Å². The lowest BCUT2D eigenvalue weighted by Crippen LogP contribution is -2.33. The number of rotatable bonds is 5. The van der Waals surface area contributed by atoms with Crippen molar-refractivity contribution < 1.29 is 17.5 Å². The molecule has 7 rings (SSSR count). The number of nitrogens with zero attached hydrogens (tertiary/aromatic N) is 2. The maximum absolute atomic E-state index is 10.4. The molecule has 0 amide bonds. The van der Waals surface area contributed by atoms with Crippen molar-refractivity contribution in [2.45, 2.75) is 69.7 Å². The molecule has 3 aromatic carbocycles. The molecular weight excluding hydrogens is 629 g/mol. The van der Waals surface area contributed by atoms with Crippen LogP contribution in [0.2, 0.25) is 0 Å². The quantitative estimate of drug-likeness (QED) is 0.157. The summed E-state index contributed by atoms with van der Waals surface area (Å²) in [5, 5.41) is 2.75. The second kappa shape index (κ2) is 13.7. The number of thioether (sulfide) groups is 1. The van der Waals surface area contributed by atoms with Crippen LogP contribution in [0.5, 0.6) is 0 Å². The molecule has 2 heterocycles. The van der Waals surface area contributed by atoms with Crippen LogP contribution in [0, 0.1) is 12.8 Å². The number of allylic oxidation sites excluding steroid dienone is 6. The lowest BCUT2D eigenvalue weighted by Gasteiger charge is -2.31. The summed E-state index contributed by atoms with van der Waals surface area (Å²) in [6.45, 7) is 10.7. The minimum absolute atomic E-state index is 0.178. The molecule has 1 aromatic heterocycles. The molecule has 3 aliphatic rings. The summed E-state index contributed by atoms with van der Waals surface area (Å²) in [6.07, 6.45) is 12.4. The average Bonchev–Trinajstić information content (AvgIpc) is 3.59. The van der Waals surface area contributed by atoms with Crippen molar-refractivity contribution in [1.82, 2.24) is 0 Å². The summed E-state index contributed by atoms with van der Waals surface area (Å²) >= 11 is 3.84. The SMILES string of the molecule is CCN1/C(=C\C2=CC3=C(C)/C(=C/c4sc5ccccc5[n+]4CC)CCC3CC2)Sc2ccccc21.Cc1ccc(S(=O)(=O)[O-])cc1. The Labute approximate surface area is 281 Å². The predicted octanol–water partition coefficient (Wildman–Crippen LogP) is 9.41. The molecule has 0 fully saturated rings. The lowest BCUT2D eigenvalue weighted by atomic mass is 9.74. The zero-order chi connectivity index (χ0) is 32.4. The summed E-state index contributed by atoms with van der Waals surface area (Å²) in [6, 6.07) is 23.4. The fraction of sp³-hybridized carbons (Fsp3) is 0.289. The predicted molar refractivity (Wildman–Crippen MR) is 191 cm³/mol. The fourth-order valence-electron chi connectivity index (χ4n) is 6.58. The molecule has 0 N–H and O–H groups in total. The summed E-state index contributed by atoms with van der Waals surface area (Å²) in [4.78, 5) is 3.66. The van der Waals surface area contributed by atoms with Gasteiger partial charge in [0.1, 0.15) is 21.4 Å². The number of anilines is 1. The number of aromatic nitrogens is 1. The molecule has 0 saturated heterocycles. The second-order valence-corrected chi connectivity index (χ2v) is 15.5. The van der Waals surface area contributed by atoms with E-state index in [2.05, 4.69) is 97.0 Å². The van der Waals surface area contributed by atoms with E-state index in [9.17, 15) is 13.0 Å². The first-order valence-corrected chi connectivity index (χ1v) is 19.0. The molecule has 4 aromatic rings. The van der Waals surface area contributed by atoms with Crippen molar-refractivity contribution in [2.75, 3.05) is 11.4 Å². The van der Waals surface area contributed by atoms with Gasteiger partial charge in [0.2, 0.25) is 5.52 Å². The Hall–Kier alpha value is -3.43. The highest BCUT2D eigenvalue weighted by Crippen LogP contribution is 2.47. The lowest BCUT2D eigenvalue weighted by molar-refractivity contribution is -0.665. The summed E-state index contributed by atoms with van der Waals surface area (Å²) in [5.74, 6) is 0.714. The Morgan fingerprint density at radius 1 is 0.935 bits per heavy atom. The zero-order valence-electron chi connectivity index (χ0n) is 26.8. The Bertz CT molecular complexity index is 2000. The monoisotopic (exact) mass is 668 g/mol. The van der Waals surface area contributed by atoms with E-state index in [0.29, 0.717) is 5.92 Å². The number of para-hydroxylation sites is 2. The average molecular weight is 669 g/mol. The molecule has 46 heavy (non-hydrogen) atoms. The maximum Gasteiger partial charge on any atom is 0.263 e. The minimum Gasteiger partial charge on any atom is -0.744 e. The van der Waals surface area contributed by atoms with E-state index in [0.717, 1.165) is 18.7 Å². The molecule has 0 saturated carbocycles. The maximum atomic E-state index is 10.4. The number of fused-ring (bicyclic) bond motifs is 3. The first-order valence-electron chi connectivity index (χ1n) is 16.0. The van der Waals surface area contributed by atoms with E-state index in [-0.39, 0.29) is 4.90 Å². The van der Waals surface area contributed by atoms with Crippen LogP contribution < -0.4 is 9.47 Å². The van der Waals surface area contributed by atoms with Gasteiger partial charge in [0.25, 0.3) is 5.01 Å². The van der Waals surface area contributed by atoms with Crippen molar-refractivity contribution in [1.29, 1.82) is 0 Å². The minimum atomic E-state index is -4.27. The molecule has 1 atom stereocenters. The van der Waals surface area contributed by atoms with Crippen molar-refractivity contribution in [2.24, 2.45) is 5.92 Å². The molecule has 0 bridgehead atoms. The van der Waals surface area contributed by atoms with Crippen LogP contribution in [0.1, 0.15) is 57.0 Å². The topological polar surface area (TPSA) is 64.3 Å². The van der Waals surface area contributed by atoms with Crippen molar-refractivity contribution in [3.05, 3.63) is 123 Å². The molecule has 2 aliphatic carbocycles. The third kappa shape index (κ3) is 6.81. The molecule has 5 nitrogen and oxygen atoms in total. The summed E-state index contributed by atoms with van der Waals surface area (Å²) < 4.78 is 35.0. The molecular formula is C38H40N2O3S3. The van der Waals surface area contributed by atoms with E-state index in [1.165, 1.54) is 85.4 Å². The Morgan fingerprint density at radius 2 is 1.65 bits per heavy atom. The number of benzene rings is 3. The largest absolute Gasteiger partial charge is 0.744 e. The van der Waals surface area contributed by atoms with Gasteiger partial charge < -0.3 is 9.45 Å². The van der Waals surface area contributed by atoms with Gasteiger partial charge in [-0.05, 0) is 118 Å². The van der Waals surface area contributed by atoms with Gasteiger partial charge >= 0.3 is 0 Å². The summed E-state index contributed by atoms with van der Waals surface area (Å²) in [5.41, 5.74) is 9.72. The van der Waals surface area contributed by atoms with Crippen LogP contribution in [-0.2, 0) is 16.7 Å². The van der Waals surface area contributed by atoms with Gasteiger partial charge in [-0.15, -0.1) is 0 Å². The summed E-state index contributed by atoms with van der Waals surface area (Å²) in [7, 11) is -4.27. The third-order valence-corrected chi connectivity index (χ3v) is 12.1. The number of thiazole rings is 1. The molecule has 1 unspecified atom stereocenters. The van der Waals surface area contributed by atoms with Crippen LogP contribution in [0.15, 0.2) is 122 Å². The van der Waals surface area contributed by atoms with Crippen molar-refractivity contribution in [3.63, 3.8) is 0 Å². The highest BCUT2D eigenvalue weighted by Gasteiger charge is 2.29. The van der Waals surface area contributed by atoms with E-state index in [4.69, 9.17) is 0 Å². The first kappa shape index (κ1) is 32.5. The standard InChI is InChI=1S/C31H33N2S2.C7H8O3S/c1-4-32-26-10-6-8-12-28(26)34-30(32)19-22-14-15-23-16-17-24(21(3)25(23)18-22)20-31-33(5-2)27-11-7-9-13-29(27)35-31;1-6-2-4-7(5-3-6)11(8,9)10/h6-13,18-20,23H,4-5,14-17H2,1-3H3;2-5H,1H3,(H,8,9,10)/q+1;/p-1. The third-order valence-electron chi connectivity index (χ3n) is 9.06. The molecule has 238 valence electrons. The van der Waals surface area contributed by atoms with Gasteiger partial charge in [0.05, 0.1) is 15.6 Å². The molecule has 1 aliphatic heterocycles. The van der Waals surface area contributed by atoms with E-state index in [1.807, 2.05) is 30.0 Å². The zero-order valence-corrected chi connectivity index (χ0v) is 29.3. The van der Waals surface area contributed by atoms with Crippen molar-refractivity contribution >= 4 is 55.2 Å². The molecule has 0 radical (unpaired) electrons. The fourth-order valence-corrected chi connectivity index (χ4v) is 9.45. The van der Waals surface area contributed by atoms with E-state index in [1.54, 1.807) is 17.7 Å². The van der Waals surface area contributed by atoms with Gasteiger partial charge in [-0.3, -0.25) is 0 Å². The number of aryl methyl sites for hydroxylation is 2. The molecule has 0 spiro atoms. The number of hydrogen-bond acceptors (Lipinski definition) is 6. The van der Waals surface area contributed by atoms with Gasteiger partial charge in [0, 0.05) is 23.6 Å². The van der Waals surface area contributed by atoms with Gasteiger partial charge in [0.15, 0.2) is 0 Å². The van der Waals surface area contributed by atoms with E-state index < -0.39 is 10.1 Å². The van der Waals surface area contributed by atoms with Gasteiger partial charge in [-0.25, -0.2) is 8.42 Å². The van der Waals surface area contributed by atoms with Crippen LogP contribution in [0.25, 0.3) is 16.3 Å². The van der Waals surface area contributed by atoms with Crippen LogP contribution >= 0.6 is 23.1 Å². The molecule has 8 heteroatoms.